The first-order valence-corrected chi connectivity index (χ1v) is 10.0. The molecular weight excluding hydrogens is 364 g/mol. The first-order valence-electron chi connectivity index (χ1n) is 8.97. The van der Waals surface area contributed by atoms with E-state index in [4.69, 9.17) is 0 Å². The van der Waals surface area contributed by atoms with E-state index in [1.807, 2.05) is 42.5 Å². The molecule has 4 rings (SSSR count). The number of carbonyl (C=O) groups excluding carboxylic acids is 2. The summed E-state index contributed by atoms with van der Waals surface area (Å²) in [6.07, 6.45) is 6.35. The van der Waals surface area contributed by atoms with Crippen LogP contribution in [-0.2, 0) is 20.8 Å². The molecular formula is C20H20N2O4S. The van der Waals surface area contributed by atoms with Crippen molar-refractivity contribution in [3.8, 4) is 0 Å². The molecule has 1 saturated carbocycles. The predicted molar refractivity (Wildman–Crippen MR) is 102 cm³/mol. The zero-order valence-electron chi connectivity index (χ0n) is 14.6. The second-order valence-electron chi connectivity index (χ2n) is 6.99. The number of benzene rings is 1. The molecule has 2 heterocycles. The van der Waals surface area contributed by atoms with Gasteiger partial charge in [0.1, 0.15) is 17.1 Å². The molecule has 1 aromatic carbocycles. The normalized spacial score (nSPS) is 24.6. The maximum absolute atomic E-state index is 12.6. The standard InChI is InChI=1S/C20H20N2O4S/c23-15(10-13-4-2-1-3-5-13)21-16-18(24)22-17(20(25)26)14(11-27-19(16)22)9-8-12-6-7-12/h1-5,8-9,12,16,19H,6-7,10-11H2,(H,21,23)(H,25,26)/b9-8-/t16?,19-/m0/s1. The van der Waals surface area contributed by atoms with E-state index in [0.29, 0.717) is 17.2 Å². The molecule has 0 radical (unpaired) electrons. The number of β-lactam (4-membered cyclic amide) rings is 1. The van der Waals surface area contributed by atoms with Crippen LogP contribution in [0, 0.1) is 5.92 Å². The van der Waals surface area contributed by atoms with Crippen molar-refractivity contribution in [2.24, 2.45) is 5.92 Å². The monoisotopic (exact) mass is 384 g/mol. The summed E-state index contributed by atoms with van der Waals surface area (Å²) in [4.78, 5) is 37.9. The average Bonchev–Trinajstić information content (AvgIpc) is 3.48. The third-order valence-corrected chi connectivity index (χ3v) is 6.22. The van der Waals surface area contributed by atoms with E-state index in [1.165, 1.54) is 16.7 Å². The number of rotatable bonds is 6. The number of carbonyl (C=O) groups is 3. The SMILES string of the molecule is O=C(Cc1ccccc1)NC1C(=O)N2C(C(=O)O)=C(/C=C\C3CC3)CS[C@@H]12. The highest BCUT2D eigenvalue weighted by atomic mass is 32.2. The summed E-state index contributed by atoms with van der Waals surface area (Å²) in [6.45, 7) is 0. The fourth-order valence-electron chi connectivity index (χ4n) is 3.32. The van der Waals surface area contributed by atoms with Crippen LogP contribution in [0.1, 0.15) is 18.4 Å². The van der Waals surface area contributed by atoms with Gasteiger partial charge in [0.15, 0.2) is 0 Å². The number of aliphatic carboxylic acids is 1. The van der Waals surface area contributed by atoms with Crippen LogP contribution in [-0.4, -0.2) is 45.0 Å². The summed E-state index contributed by atoms with van der Waals surface area (Å²) in [5.74, 6) is -0.640. The third-order valence-electron chi connectivity index (χ3n) is 4.92. The lowest BCUT2D eigenvalue weighted by molar-refractivity contribution is -0.150. The van der Waals surface area contributed by atoms with Gasteiger partial charge in [-0.15, -0.1) is 11.8 Å². The van der Waals surface area contributed by atoms with Gasteiger partial charge in [0, 0.05) is 5.75 Å². The Kier molecular flexibility index (Phi) is 4.78. The number of hydrogen-bond donors (Lipinski definition) is 2. The van der Waals surface area contributed by atoms with E-state index in [1.54, 1.807) is 0 Å². The number of allylic oxidation sites excluding steroid dienone is 2. The fraction of sp³-hybridized carbons (Fsp3) is 0.350. The first kappa shape index (κ1) is 17.9. The van der Waals surface area contributed by atoms with Gasteiger partial charge in [0.25, 0.3) is 5.91 Å². The van der Waals surface area contributed by atoms with Gasteiger partial charge in [-0.3, -0.25) is 14.5 Å². The highest BCUT2D eigenvalue weighted by molar-refractivity contribution is 8.00. The topological polar surface area (TPSA) is 86.7 Å². The van der Waals surface area contributed by atoms with Crippen LogP contribution in [0.2, 0.25) is 0 Å². The molecule has 3 aliphatic rings. The van der Waals surface area contributed by atoms with Crippen molar-refractivity contribution in [1.29, 1.82) is 0 Å². The summed E-state index contributed by atoms with van der Waals surface area (Å²) in [5.41, 5.74) is 1.58. The highest BCUT2D eigenvalue weighted by Gasteiger charge is 2.53. The zero-order chi connectivity index (χ0) is 19.0. The summed E-state index contributed by atoms with van der Waals surface area (Å²) < 4.78 is 0. The fourth-order valence-corrected chi connectivity index (χ4v) is 4.64. The Bertz CT molecular complexity index is 845. The van der Waals surface area contributed by atoms with E-state index in [9.17, 15) is 19.5 Å². The Morgan fingerprint density at radius 2 is 2.00 bits per heavy atom. The smallest absolute Gasteiger partial charge is 0.352 e. The van der Waals surface area contributed by atoms with Crippen LogP contribution in [0.25, 0.3) is 0 Å². The lowest BCUT2D eigenvalue weighted by Crippen LogP contribution is -2.70. The molecule has 27 heavy (non-hydrogen) atoms. The van der Waals surface area contributed by atoms with Crippen molar-refractivity contribution in [2.75, 3.05) is 5.75 Å². The van der Waals surface area contributed by atoms with Crippen LogP contribution in [0.15, 0.2) is 53.8 Å². The second-order valence-corrected chi connectivity index (χ2v) is 8.10. The van der Waals surface area contributed by atoms with Crippen LogP contribution in [0.5, 0.6) is 0 Å². The Hall–Kier alpha value is -2.54. The minimum atomic E-state index is -1.10. The third kappa shape index (κ3) is 3.64. The summed E-state index contributed by atoms with van der Waals surface area (Å²) in [5, 5.41) is 12.0. The molecule has 2 aliphatic heterocycles. The van der Waals surface area contributed by atoms with Gasteiger partial charge in [-0.1, -0.05) is 42.5 Å². The molecule has 2 atom stereocenters. The summed E-state index contributed by atoms with van der Waals surface area (Å²) in [7, 11) is 0. The van der Waals surface area contributed by atoms with Crippen molar-refractivity contribution in [3.05, 3.63) is 59.3 Å². The first-order chi connectivity index (χ1) is 13.0. The van der Waals surface area contributed by atoms with Crippen LogP contribution < -0.4 is 5.32 Å². The Labute approximate surface area is 161 Å². The van der Waals surface area contributed by atoms with Crippen molar-refractivity contribution >= 4 is 29.5 Å². The van der Waals surface area contributed by atoms with Crippen molar-refractivity contribution < 1.29 is 19.5 Å². The number of hydrogen-bond acceptors (Lipinski definition) is 4. The predicted octanol–water partition coefficient (Wildman–Crippen LogP) is 1.93. The minimum Gasteiger partial charge on any atom is -0.477 e. The Morgan fingerprint density at radius 3 is 2.67 bits per heavy atom. The van der Waals surface area contributed by atoms with Gasteiger partial charge < -0.3 is 10.4 Å². The molecule has 2 N–H and O–H groups in total. The number of amides is 2. The number of nitrogens with zero attached hydrogens (tertiary/aromatic N) is 1. The summed E-state index contributed by atoms with van der Waals surface area (Å²) >= 11 is 1.49. The van der Waals surface area contributed by atoms with E-state index >= 15 is 0 Å². The highest BCUT2D eigenvalue weighted by Crippen LogP contribution is 2.41. The molecule has 2 fully saturated rings. The van der Waals surface area contributed by atoms with Gasteiger partial charge in [-0.05, 0) is 29.9 Å². The van der Waals surface area contributed by atoms with Crippen LogP contribution in [0.3, 0.4) is 0 Å². The largest absolute Gasteiger partial charge is 0.477 e. The summed E-state index contributed by atoms with van der Waals surface area (Å²) in [6, 6.07) is 8.63. The number of nitrogens with one attached hydrogen (secondary N) is 1. The molecule has 7 heteroatoms. The Balaban J connectivity index is 1.45. The van der Waals surface area contributed by atoms with Gasteiger partial charge in [0.2, 0.25) is 5.91 Å². The average molecular weight is 384 g/mol. The molecule has 0 aromatic heterocycles. The van der Waals surface area contributed by atoms with Gasteiger partial charge in [-0.2, -0.15) is 0 Å². The number of fused-ring (bicyclic) bond motifs is 1. The van der Waals surface area contributed by atoms with E-state index in [2.05, 4.69) is 5.32 Å². The van der Waals surface area contributed by atoms with Gasteiger partial charge in [0.05, 0.1) is 6.42 Å². The minimum absolute atomic E-state index is 0.0502. The molecule has 140 valence electrons. The van der Waals surface area contributed by atoms with E-state index < -0.39 is 12.0 Å². The maximum atomic E-state index is 12.6. The van der Waals surface area contributed by atoms with Crippen molar-refractivity contribution in [2.45, 2.75) is 30.7 Å². The molecule has 1 saturated heterocycles. The quantitative estimate of drug-likeness (QED) is 0.732. The number of carboxylic acid groups (broad SMARTS) is 1. The van der Waals surface area contributed by atoms with Gasteiger partial charge >= 0.3 is 5.97 Å². The molecule has 1 aromatic rings. The van der Waals surface area contributed by atoms with Crippen LogP contribution >= 0.6 is 11.8 Å². The van der Waals surface area contributed by atoms with Crippen LogP contribution in [0.4, 0.5) is 0 Å². The zero-order valence-corrected chi connectivity index (χ0v) is 15.4. The lowest BCUT2D eigenvalue weighted by Gasteiger charge is -2.49. The van der Waals surface area contributed by atoms with E-state index in [-0.39, 0.29) is 29.3 Å². The molecule has 0 spiro atoms. The second kappa shape index (κ2) is 7.23. The molecule has 1 aliphatic carbocycles. The van der Waals surface area contributed by atoms with Gasteiger partial charge in [-0.25, -0.2) is 4.79 Å². The number of thioether (sulfide) groups is 1. The van der Waals surface area contributed by atoms with Crippen molar-refractivity contribution in [3.63, 3.8) is 0 Å². The maximum Gasteiger partial charge on any atom is 0.352 e. The van der Waals surface area contributed by atoms with Crippen molar-refractivity contribution in [1.82, 2.24) is 10.2 Å². The lowest BCUT2D eigenvalue weighted by atomic mass is 10.0. The number of carboxylic acids is 1. The van der Waals surface area contributed by atoms with E-state index in [0.717, 1.165) is 18.4 Å². The Morgan fingerprint density at radius 1 is 1.26 bits per heavy atom. The molecule has 2 amide bonds. The molecule has 1 unspecified atom stereocenters. The molecule has 0 bridgehead atoms. The molecule has 6 nitrogen and oxygen atoms in total.